The fourth-order valence-electron chi connectivity index (χ4n) is 2.66. The number of amides is 1. The van der Waals surface area contributed by atoms with Crippen LogP contribution in [0.5, 0.6) is 0 Å². The first kappa shape index (κ1) is 12.2. The lowest BCUT2D eigenvalue weighted by Gasteiger charge is -2.39. The first-order valence-corrected chi connectivity index (χ1v) is 6.69. The average Bonchev–Trinajstić information content (AvgIpc) is 2.79. The smallest absolute Gasteiger partial charge is 0.227 e. The maximum absolute atomic E-state index is 12.2. The average molecular weight is 258 g/mol. The first-order chi connectivity index (χ1) is 9.25. The third-order valence-electron chi connectivity index (χ3n) is 4.18. The summed E-state index contributed by atoms with van der Waals surface area (Å²) in [5.74, 6) is 0.0755. The molecule has 1 fully saturated rings. The van der Waals surface area contributed by atoms with E-state index in [0.717, 1.165) is 35.8 Å². The Morgan fingerprint density at radius 3 is 2.84 bits per heavy atom. The SMILES string of the molecule is NCC1(C(=O)NCc2coc3ccccc23)CCC1. The van der Waals surface area contributed by atoms with E-state index in [-0.39, 0.29) is 11.3 Å². The van der Waals surface area contributed by atoms with E-state index in [1.165, 1.54) is 0 Å². The molecule has 4 heteroatoms. The summed E-state index contributed by atoms with van der Waals surface area (Å²) in [5.41, 5.74) is 7.27. The molecule has 1 heterocycles. The number of para-hydroxylation sites is 1. The molecule has 0 unspecified atom stereocenters. The Morgan fingerprint density at radius 1 is 1.37 bits per heavy atom. The van der Waals surface area contributed by atoms with E-state index in [0.29, 0.717) is 13.1 Å². The van der Waals surface area contributed by atoms with Crippen LogP contribution in [0.1, 0.15) is 24.8 Å². The summed E-state index contributed by atoms with van der Waals surface area (Å²) in [6.07, 6.45) is 4.61. The molecule has 3 rings (SSSR count). The van der Waals surface area contributed by atoms with Gasteiger partial charge in [-0.25, -0.2) is 0 Å². The molecule has 0 saturated heterocycles. The molecule has 0 atom stereocenters. The zero-order valence-corrected chi connectivity index (χ0v) is 10.8. The van der Waals surface area contributed by atoms with Crippen molar-refractivity contribution in [1.29, 1.82) is 0 Å². The van der Waals surface area contributed by atoms with E-state index >= 15 is 0 Å². The summed E-state index contributed by atoms with van der Waals surface area (Å²) in [5, 5.41) is 4.05. The van der Waals surface area contributed by atoms with Crippen LogP contribution in [0.2, 0.25) is 0 Å². The summed E-state index contributed by atoms with van der Waals surface area (Å²) < 4.78 is 5.46. The molecule has 1 amide bonds. The van der Waals surface area contributed by atoms with Gasteiger partial charge >= 0.3 is 0 Å². The quantitative estimate of drug-likeness (QED) is 0.883. The van der Waals surface area contributed by atoms with E-state index in [4.69, 9.17) is 10.2 Å². The number of carbonyl (C=O) groups is 1. The monoisotopic (exact) mass is 258 g/mol. The van der Waals surface area contributed by atoms with Gasteiger partial charge in [-0.3, -0.25) is 4.79 Å². The molecule has 1 saturated carbocycles. The summed E-state index contributed by atoms with van der Waals surface area (Å²) in [6, 6.07) is 7.83. The van der Waals surface area contributed by atoms with E-state index in [2.05, 4.69) is 5.32 Å². The summed E-state index contributed by atoms with van der Waals surface area (Å²) in [7, 11) is 0. The van der Waals surface area contributed by atoms with Crippen LogP contribution in [0.25, 0.3) is 11.0 Å². The fourth-order valence-corrected chi connectivity index (χ4v) is 2.66. The highest BCUT2D eigenvalue weighted by atomic mass is 16.3. The van der Waals surface area contributed by atoms with E-state index in [9.17, 15) is 4.79 Å². The Labute approximate surface area is 112 Å². The predicted molar refractivity (Wildman–Crippen MR) is 73.4 cm³/mol. The molecule has 1 aliphatic rings. The first-order valence-electron chi connectivity index (χ1n) is 6.69. The minimum Gasteiger partial charge on any atom is -0.464 e. The third kappa shape index (κ3) is 2.02. The molecule has 0 aliphatic heterocycles. The van der Waals surface area contributed by atoms with Crippen molar-refractivity contribution in [3.63, 3.8) is 0 Å². The Morgan fingerprint density at radius 2 is 2.16 bits per heavy atom. The van der Waals surface area contributed by atoms with Gasteiger partial charge in [-0.1, -0.05) is 24.6 Å². The Balaban J connectivity index is 1.71. The highest BCUT2D eigenvalue weighted by molar-refractivity contribution is 5.85. The highest BCUT2D eigenvalue weighted by Gasteiger charge is 2.42. The lowest BCUT2D eigenvalue weighted by Crippen LogP contribution is -2.50. The number of nitrogens with two attached hydrogens (primary N) is 1. The van der Waals surface area contributed by atoms with Gasteiger partial charge in [0.2, 0.25) is 5.91 Å². The highest BCUT2D eigenvalue weighted by Crippen LogP contribution is 2.40. The van der Waals surface area contributed by atoms with Crippen molar-refractivity contribution in [2.75, 3.05) is 6.54 Å². The molecule has 0 radical (unpaired) electrons. The number of carbonyl (C=O) groups excluding carboxylic acids is 1. The van der Waals surface area contributed by atoms with Gasteiger partial charge in [0.05, 0.1) is 11.7 Å². The van der Waals surface area contributed by atoms with Crippen LogP contribution in [-0.2, 0) is 11.3 Å². The van der Waals surface area contributed by atoms with Crippen LogP contribution in [0.15, 0.2) is 34.9 Å². The van der Waals surface area contributed by atoms with Crippen LogP contribution in [0.3, 0.4) is 0 Å². The van der Waals surface area contributed by atoms with Crippen LogP contribution in [0, 0.1) is 5.41 Å². The number of furan rings is 1. The normalized spacial score (nSPS) is 17.1. The van der Waals surface area contributed by atoms with Gasteiger partial charge in [-0.2, -0.15) is 0 Å². The zero-order valence-electron chi connectivity index (χ0n) is 10.8. The second-order valence-corrected chi connectivity index (χ2v) is 5.28. The largest absolute Gasteiger partial charge is 0.464 e. The number of nitrogens with one attached hydrogen (secondary N) is 1. The van der Waals surface area contributed by atoms with Gasteiger partial charge in [0, 0.05) is 24.0 Å². The molecule has 1 aliphatic carbocycles. The van der Waals surface area contributed by atoms with Gasteiger partial charge in [0.15, 0.2) is 0 Å². The molecule has 0 bridgehead atoms. The number of benzene rings is 1. The van der Waals surface area contributed by atoms with E-state index < -0.39 is 0 Å². The zero-order chi connectivity index (χ0) is 13.3. The van der Waals surface area contributed by atoms with Crippen molar-refractivity contribution in [3.05, 3.63) is 36.1 Å². The molecule has 3 N–H and O–H groups in total. The van der Waals surface area contributed by atoms with Crippen molar-refractivity contribution < 1.29 is 9.21 Å². The number of hydrogen-bond acceptors (Lipinski definition) is 3. The van der Waals surface area contributed by atoms with Gasteiger partial charge in [0.25, 0.3) is 0 Å². The van der Waals surface area contributed by atoms with Gasteiger partial charge in [-0.15, -0.1) is 0 Å². The van der Waals surface area contributed by atoms with Crippen molar-refractivity contribution in [3.8, 4) is 0 Å². The van der Waals surface area contributed by atoms with Crippen LogP contribution >= 0.6 is 0 Å². The Kier molecular flexibility index (Phi) is 3.03. The van der Waals surface area contributed by atoms with Crippen molar-refractivity contribution >= 4 is 16.9 Å². The molecular formula is C15H18N2O2. The predicted octanol–water partition coefficient (Wildman–Crippen LogP) is 2.18. The second-order valence-electron chi connectivity index (χ2n) is 5.28. The summed E-state index contributed by atoms with van der Waals surface area (Å²) in [4.78, 5) is 12.2. The Hall–Kier alpha value is -1.81. The minimum absolute atomic E-state index is 0.0755. The maximum Gasteiger partial charge on any atom is 0.227 e. The molecule has 0 spiro atoms. The Bertz CT molecular complexity index is 593. The van der Waals surface area contributed by atoms with Crippen LogP contribution < -0.4 is 11.1 Å². The molecule has 4 nitrogen and oxygen atoms in total. The molecule has 1 aromatic heterocycles. The summed E-state index contributed by atoms with van der Waals surface area (Å²) >= 11 is 0. The lowest BCUT2D eigenvalue weighted by molar-refractivity contribution is -0.135. The molecule has 1 aromatic carbocycles. The van der Waals surface area contributed by atoms with E-state index in [1.807, 2.05) is 24.3 Å². The van der Waals surface area contributed by atoms with Gasteiger partial charge < -0.3 is 15.5 Å². The maximum atomic E-state index is 12.2. The standard InChI is InChI=1S/C15H18N2O2/c16-10-15(6-3-7-15)14(18)17-8-11-9-19-13-5-2-1-4-12(11)13/h1-2,4-5,9H,3,6-8,10,16H2,(H,17,18). The van der Waals surface area contributed by atoms with Crippen LogP contribution in [-0.4, -0.2) is 12.5 Å². The molecule has 19 heavy (non-hydrogen) atoms. The topological polar surface area (TPSA) is 68.3 Å². The summed E-state index contributed by atoms with van der Waals surface area (Å²) in [6.45, 7) is 0.933. The lowest BCUT2D eigenvalue weighted by atomic mass is 9.68. The van der Waals surface area contributed by atoms with Crippen molar-refractivity contribution in [2.24, 2.45) is 11.1 Å². The van der Waals surface area contributed by atoms with Crippen molar-refractivity contribution in [2.45, 2.75) is 25.8 Å². The van der Waals surface area contributed by atoms with E-state index in [1.54, 1.807) is 6.26 Å². The number of hydrogen-bond donors (Lipinski definition) is 2. The second kappa shape index (κ2) is 4.70. The van der Waals surface area contributed by atoms with Crippen LogP contribution in [0.4, 0.5) is 0 Å². The number of fused-ring (bicyclic) bond motifs is 1. The van der Waals surface area contributed by atoms with Gasteiger partial charge in [0.1, 0.15) is 5.58 Å². The minimum atomic E-state index is -0.320. The fraction of sp³-hybridized carbons (Fsp3) is 0.400. The van der Waals surface area contributed by atoms with Crippen molar-refractivity contribution in [1.82, 2.24) is 5.32 Å². The molecular weight excluding hydrogens is 240 g/mol. The molecule has 2 aromatic rings. The third-order valence-corrected chi connectivity index (χ3v) is 4.18. The molecule has 100 valence electrons. The number of rotatable bonds is 4. The van der Waals surface area contributed by atoms with Gasteiger partial charge in [-0.05, 0) is 18.9 Å².